The highest BCUT2D eigenvalue weighted by Gasteiger charge is 2.32. The highest BCUT2D eigenvalue weighted by Crippen LogP contribution is 2.27. The molecular weight excluding hydrogens is 196 g/mol. The summed E-state index contributed by atoms with van der Waals surface area (Å²) in [5, 5.41) is 13.2. The van der Waals surface area contributed by atoms with Crippen LogP contribution in [-0.2, 0) is 4.79 Å². The van der Waals surface area contributed by atoms with Gasteiger partial charge in [0.1, 0.15) is 0 Å². The van der Waals surface area contributed by atoms with Gasteiger partial charge in [-0.3, -0.25) is 4.79 Å². The first kappa shape index (κ1) is 11.8. The van der Waals surface area contributed by atoms with Crippen LogP contribution in [0, 0.1) is 5.92 Å². The van der Waals surface area contributed by atoms with Crippen LogP contribution in [0.3, 0.4) is 0 Å². The van der Waals surface area contributed by atoms with E-state index in [-0.39, 0.29) is 17.9 Å². The molecule has 3 atom stereocenters. The maximum absolute atomic E-state index is 11.6. The summed E-state index contributed by atoms with van der Waals surface area (Å²) < 4.78 is 0. The second kappa shape index (κ2) is 5.00. The van der Waals surface area contributed by atoms with E-state index in [1.54, 1.807) is 14.1 Å². The molecule has 0 spiro atoms. The van der Waals surface area contributed by atoms with E-state index in [1.807, 2.05) is 0 Å². The maximum atomic E-state index is 11.6. The summed E-state index contributed by atoms with van der Waals surface area (Å²) >= 11 is 0. The van der Waals surface area contributed by atoms with Crippen LogP contribution in [0.5, 0.6) is 0 Å². The zero-order valence-corrected chi connectivity index (χ0v) is 9.00. The van der Waals surface area contributed by atoms with E-state index in [0.29, 0.717) is 19.3 Å². The second-order valence-electron chi connectivity index (χ2n) is 4.08. The van der Waals surface area contributed by atoms with Crippen LogP contribution in [0.25, 0.3) is 10.4 Å². The number of aliphatic hydroxyl groups is 1. The molecule has 0 aromatic rings. The minimum absolute atomic E-state index is 0.0356. The van der Waals surface area contributed by atoms with E-state index in [2.05, 4.69) is 10.0 Å². The molecule has 1 saturated carbocycles. The monoisotopic (exact) mass is 212 g/mol. The Labute approximate surface area is 88.5 Å². The molecular formula is C9H16N4O2. The third-order valence-corrected chi connectivity index (χ3v) is 2.77. The van der Waals surface area contributed by atoms with E-state index < -0.39 is 6.10 Å². The Balaban J connectivity index is 2.58. The Bertz CT molecular complexity index is 286. The Morgan fingerprint density at radius 3 is 2.67 bits per heavy atom. The van der Waals surface area contributed by atoms with Crippen molar-refractivity contribution in [3.8, 4) is 0 Å². The largest absolute Gasteiger partial charge is 0.393 e. The molecule has 0 unspecified atom stereocenters. The molecule has 1 amide bonds. The normalized spacial score (nSPS) is 30.5. The van der Waals surface area contributed by atoms with Gasteiger partial charge in [-0.25, -0.2) is 0 Å². The number of rotatable bonds is 2. The predicted octanol–water partition coefficient (Wildman–Crippen LogP) is 0.914. The fourth-order valence-electron chi connectivity index (χ4n) is 1.92. The van der Waals surface area contributed by atoms with Gasteiger partial charge in [0.2, 0.25) is 5.91 Å². The van der Waals surface area contributed by atoms with Crippen LogP contribution >= 0.6 is 0 Å². The summed E-state index contributed by atoms with van der Waals surface area (Å²) in [5.41, 5.74) is 8.27. The zero-order chi connectivity index (χ0) is 11.4. The lowest BCUT2D eigenvalue weighted by Gasteiger charge is -2.31. The summed E-state index contributed by atoms with van der Waals surface area (Å²) in [6.07, 6.45) is 0.956. The SMILES string of the molecule is CN(C)C(=O)[C@H]1CC[C@@H](N=[N+]=[N-])[C@H](O)C1. The topological polar surface area (TPSA) is 89.3 Å². The van der Waals surface area contributed by atoms with Crippen LogP contribution in [0.2, 0.25) is 0 Å². The summed E-state index contributed by atoms with van der Waals surface area (Å²) in [6.45, 7) is 0. The number of azide groups is 1. The van der Waals surface area contributed by atoms with Crippen molar-refractivity contribution in [1.82, 2.24) is 4.90 Å². The lowest BCUT2D eigenvalue weighted by atomic mass is 9.83. The Morgan fingerprint density at radius 2 is 2.20 bits per heavy atom. The summed E-state index contributed by atoms with van der Waals surface area (Å²) in [4.78, 5) is 15.8. The van der Waals surface area contributed by atoms with Gasteiger partial charge >= 0.3 is 0 Å². The first-order chi connectivity index (χ1) is 7.06. The average Bonchev–Trinajstić information content (AvgIpc) is 2.20. The van der Waals surface area contributed by atoms with Gasteiger partial charge in [-0.15, -0.1) is 0 Å². The lowest BCUT2D eigenvalue weighted by Crippen LogP contribution is -2.39. The molecule has 0 saturated heterocycles. The van der Waals surface area contributed by atoms with Gasteiger partial charge in [0.25, 0.3) is 0 Å². The number of hydrogen-bond acceptors (Lipinski definition) is 3. The molecule has 0 aliphatic heterocycles. The third-order valence-electron chi connectivity index (χ3n) is 2.77. The zero-order valence-electron chi connectivity index (χ0n) is 9.00. The van der Waals surface area contributed by atoms with Crippen molar-refractivity contribution in [2.75, 3.05) is 14.1 Å². The molecule has 0 aromatic heterocycles. The standard InChI is InChI=1S/C9H16N4O2/c1-13(2)9(15)6-3-4-7(11-12-10)8(14)5-6/h6-8,14H,3-5H2,1-2H3/t6-,7+,8+/m0/s1. The minimum atomic E-state index is -0.691. The first-order valence-corrected chi connectivity index (χ1v) is 4.99. The van der Waals surface area contributed by atoms with E-state index in [1.165, 1.54) is 4.90 Å². The molecule has 1 fully saturated rings. The second-order valence-corrected chi connectivity index (χ2v) is 4.08. The molecule has 1 rings (SSSR count). The highest BCUT2D eigenvalue weighted by molar-refractivity contribution is 5.78. The van der Waals surface area contributed by atoms with Crippen LogP contribution in [0.15, 0.2) is 5.11 Å². The summed E-state index contributed by atoms with van der Waals surface area (Å²) in [7, 11) is 3.41. The summed E-state index contributed by atoms with van der Waals surface area (Å²) in [6, 6.07) is -0.374. The molecule has 6 heteroatoms. The molecule has 84 valence electrons. The van der Waals surface area contributed by atoms with Crippen LogP contribution < -0.4 is 0 Å². The number of aliphatic hydroxyl groups excluding tert-OH is 1. The number of amides is 1. The van der Waals surface area contributed by atoms with Crippen LogP contribution in [0.4, 0.5) is 0 Å². The Hall–Kier alpha value is -1.26. The van der Waals surface area contributed by atoms with Crippen LogP contribution in [0.1, 0.15) is 19.3 Å². The van der Waals surface area contributed by atoms with Gasteiger partial charge in [0, 0.05) is 24.9 Å². The molecule has 0 bridgehead atoms. The molecule has 0 radical (unpaired) electrons. The Kier molecular flexibility index (Phi) is 3.94. The van der Waals surface area contributed by atoms with Crippen molar-refractivity contribution in [3.63, 3.8) is 0 Å². The molecule has 1 N–H and O–H groups in total. The van der Waals surface area contributed by atoms with Crippen molar-refractivity contribution in [1.29, 1.82) is 0 Å². The minimum Gasteiger partial charge on any atom is -0.393 e. The van der Waals surface area contributed by atoms with Gasteiger partial charge < -0.3 is 10.0 Å². The fourth-order valence-corrected chi connectivity index (χ4v) is 1.92. The number of carbonyl (C=O) groups is 1. The van der Waals surface area contributed by atoms with Crippen LogP contribution in [-0.4, -0.2) is 42.2 Å². The highest BCUT2D eigenvalue weighted by atomic mass is 16.3. The fraction of sp³-hybridized carbons (Fsp3) is 0.889. The predicted molar refractivity (Wildman–Crippen MR) is 55.0 cm³/mol. The van der Waals surface area contributed by atoms with E-state index in [4.69, 9.17) is 5.53 Å². The van der Waals surface area contributed by atoms with Gasteiger partial charge in [-0.1, -0.05) is 5.11 Å². The van der Waals surface area contributed by atoms with Crippen molar-refractivity contribution in [2.24, 2.45) is 11.0 Å². The molecule has 0 heterocycles. The smallest absolute Gasteiger partial charge is 0.225 e. The van der Waals surface area contributed by atoms with Gasteiger partial charge in [0.05, 0.1) is 12.1 Å². The third kappa shape index (κ3) is 2.84. The molecule has 0 aromatic carbocycles. The lowest BCUT2D eigenvalue weighted by molar-refractivity contribution is -0.135. The molecule has 1 aliphatic carbocycles. The Morgan fingerprint density at radius 1 is 1.53 bits per heavy atom. The van der Waals surface area contributed by atoms with Gasteiger partial charge in [-0.2, -0.15) is 0 Å². The van der Waals surface area contributed by atoms with E-state index in [9.17, 15) is 9.90 Å². The summed E-state index contributed by atoms with van der Waals surface area (Å²) in [5.74, 6) is -0.103. The molecule has 15 heavy (non-hydrogen) atoms. The number of carbonyl (C=O) groups excluding carboxylic acids is 1. The van der Waals surface area contributed by atoms with Crippen molar-refractivity contribution < 1.29 is 9.90 Å². The number of nitrogens with zero attached hydrogens (tertiary/aromatic N) is 4. The van der Waals surface area contributed by atoms with Crippen molar-refractivity contribution in [2.45, 2.75) is 31.4 Å². The maximum Gasteiger partial charge on any atom is 0.225 e. The quantitative estimate of drug-likeness (QED) is 0.419. The van der Waals surface area contributed by atoms with Crippen molar-refractivity contribution in [3.05, 3.63) is 10.4 Å². The van der Waals surface area contributed by atoms with Crippen molar-refractivity contribution >= 4 is 5.91 Å². The van der Waals surface area contributed by atoms with Gasteiger partial charge in [0.15, 0.2) is 0 Å². The average molecular weight is 212 g/mol. The van der Waals surface area contributed by atoms with Gasteiger partial charge in [-0.05, 0) is 24.8 Å². The molecule has 1 aliphatic rings. The first-order valence-electron chi connectivity index (χ1n) is 4.99. The molecule has 6 nitrogen and oxygen atoms in total. The van der Waals surface area contributed by atoms with E-state index in [0.717, 1.165) is 0 Å². The van der Waals surface area contributed by atoms with E-state index >= 15 is 0 Å². The number of hydrogen-bond donors (Lipinski definition) is 1.